The lowest BCUT2D eigenvalue weighted by Crippen LogP contribution is -2.45. The van der Waals surface area contributed by atoms with Gasteiger partial charge in [-0.3, -0.25) is 0 Å². The van der Waals surface area contributed by atoms with Crippen molar-refractivity contribution in [3.05, 3.63) is 36.4 Å². The fraction of sp³-hybridized carbons (Fsp3) is 0.286. The fourth-order valence-corrected chi connectivity index (χ4v) is 5.14. The highest BCUT2D eigenvalue weighted by Gasteiger charge is 2.26. The van der Waals surface area contributed by atoms with Gasteiger partial charge in [0.05, 0.1) is 0 Å². The van der Waals surface area contributed by atoms with Gasteiger partial charge in [0.25, 0.3) is 0 Å². The first-order valence-corrected chi connectivity index (χ1v) is 12.1. The minimum atomic E-state index is -2.35. The van der Waals surface area contributed by atoms with Crippen LogP contribution in [-0.2, 0) is 0 Å². The lowest BCUT2D eigenvalue weighted by atomic mass is 10.1. The molecule has 0 atom stereocenters. The first kappa shape index (κ1) is 13.5. The van der Waals surface area contributed by atoms with Crippen molar-refractivity contribution in [1.82, 2.24) is 0 Å². The molecule has 0 aliphatic rings. The Morgan fingerprint density at radius 1 is 0.667 bits per heavy atom. The van der Waals surface area contributed by atoms with Gasteiger partial charge in [0.1, 0.15) is 0 Å². The van der Waals surface area contributed by atoms with E-state index in [2.05, 4.69) is 0 Å². The SMILES string of the molecule is C[Si](C)(O)c1cccc2c([Si](C)(C)O)cccc12. The zero-order valence-corrected chi connectivity index (χ0v) is 13.4. The van der Waals surface area contributed by atoms with Crippen molar-refractivity contribution in [3.63, 3.8) is 0 Å². The zero-order valence-electron chi connectivity index (χ0n) is 11.4. The summed E-state index contributed by atoms with van der Waals surface area (Å²) in [6, 6.07) is 12.0. The van der Waals surface area contributed by atoms with E-state index in [-0.39, 0.29) is 0 Å². The maximum Gasteiger partial charge on any atom is 0.214 e. The van der Waals surface area contributed by atoms with Crippen molar-refractivity contribution in [2.45, 2.75) is 26.2 Å². The van der Waals surface area contributed by atoms with Crippen molar-refractivity contribution in [1.29, 1.82) is 0 Å². The molecule has 0 aliphatic heterocycles. The molecular weight excluding hydrogens is 256 g/mol. The minimum Gasteiger partial charge on any atom is -0.428 e. The zero-order chi connectivity index (χ0) is 13.6. The van der Waals surface area contributed by atoms with Crippen LogP contribution in [0.4, 0.5) is 0 Å². The van der Waals surface area contributed by atoms with Gasteiger partial charge in [-0.15, -0.1) is 0 Å². The molecule has 2 N–H and O–H groups in total. The van der Waals surface area contributed by atoms with E-state index in [0.29, 0.717) is 0 Å². The minimum absolute atomic E-state index is 1.04. The first-order valence-electron chi connectivity index (χ1n) is 6.19. The Morgan fingerprint density at radius 3 is 1.28 bits per heavy atom. The molecule has 0 bridgehead atoms. The quantitative estimate of drug-likeness (QED) is 0.819. The van der Waals surface area contributed by atoms with Crippen LogP contribution in [0.25, 0.3) is 10.8 Å². The van der Waals surface area contributed by atoms with Gasteiger partial charge in [-0.1, -0.05) is 36.4 Å². The highest BCUT2D eigenvalue weighted by Crippen LogP contribution is 2.16. The summed E-state index contributed by atoms with van der Waals surface area (Å²) in [7, 11) is -4.69. The Labute approximate surface area is 110 Å². The Hall–Kier alpha value is -0.946. The molecular formula is C14H20O2Si2. The van der Waals surface area contributed by atoms with Crippen LogP contribution < -0.4 is 10.4 Å². The van der Waals surface area contributed by atoms with Crippen molar-refractivity contribution >= 4 is 37.8 Å². The lowest BCUT2D eigenvalue weighted by molar-refractivity contribution is 0.567. The third kappa shape index (κ3) is 2.42. The molecule has 0 saturated carbocycles. The Morgan fingerprint density at radius 2 is 1.00 bits per heavy atom. The Bertz CT molecular complexity index is 527. The fourth-order valence-electron chi connectivity index (χ4n) is 2.38. The number of hydrogen-bond acceptors (Lipinski definition) is 2. The molecule has 0 unspecified atom stereocenters. The van der Waals surface area contributed by atoms with Gasteiger partial charge in [0, 0.05) is 0 Å². The summed E-state index contributed by atoms with van der Waals surface area (Å²) in [5.41, 5.74) is 0. The molecule has 0 fully saturated rings. The predicted molar refractivity (Wildman–Crippen MR) is 82.6 cm³/mol. The van der Waals surface area contributed by atoms with E-state index in [1.807, 2.05) is 62.6 Å². The molecule has 96 valence electrons. The molecule has 0 spiro atoms. The van der Waals surface area contributed by atoms with Gasteiger partial charge in [0.15, 0.2) is 0 Å². The summed E-state index contributed by atoms with van der Waals surface area (Å²) in [6.45, 7) is 7.71. The van der Waals surface area contributed by atoms with E-state index >= 15 is 0 Å². The average molecular weight is 276 g/mol. The third-order valence-electron chi connectivity index (χ3n) is 3.24. The molecule has 18 heavy (non-hydrogen) atoms. The van der Waals surface area contributed by atoms with Gasteiger partial charge in [-0.2, -0.15) is 0 Å². The normalized spacial score (nSPS) is 13.0. The molecule has 0 radical (unpaired) electrons. The average Bonchev–Trinajstić information content (AvgIpc) is 2.24. The van der Waals surface area contributed by atoms with Gasteiger partial charge >= 0.3 is 0 Å². The Balaban J connectivity index is 2.82. The second kappa shape index (κ2) is 4.31. The molecule has 2 nitrogen and oxygen atoms in total. The monoisotopic (exact) mass is 276 g/mol. The van der Waals surface area contributed by atoms with Gasteiger partial charge in [-0.25, -0.2) is 0 Å². The third-order valence-corrected chi connectivity index (χ3v) is 6.75. The van der Waals surface area contributed by atoms with Crippen LogP contribution in [0.1, 0.15) is 0 Å². The van der Waals surface area contributed by atoms with E-state index in [1.165, 1.54) is 0 Å². The van der Waals surface area contributed by atoms with Crippen LogP contribution in [0.5, 0.6) is 0 Å². The van der Waals surface area contributed by atoms with Crippen LogP contribution >= 0.6 is 0 Å². The summed E-state index contributed by atoms with van der Waals surface area (Å²) >= 11 is 0. The van der Waals surface area contributed by atoms with E-state index in [9.17, 15) is 9.59 Å². The maximum absolute atomic E-state index is 10.4. The van der Waals surface area contributed by atoms with Crippen LogP contribution in [0.3, 0.4) is 0 Å². The number of fused-ring (bicyclic) bond motifs is 1. The molecule has 0 aromatic heterocycles. The Kier molecular flexibility index (Phi) is 3.23. The van der Waals surface area contributed by atoms with Crippen LogP contribution in [0.15, 0.2) is 36.4 Å². The van der Waals surface area contributed by atoms with Crippen LogP contribution in [0, 0.1) is 0 Å². The van der Waals surface area contributed by atoms with Crippen LogP contribution in [0.2, 0.25) is 26.2 Å². The number of benzene rings is 2. The van der Waals surface area contributed by atoms with E-state index in [0.717, 1.165) is 21.1 Å². The summed E-state index contributed by atoms with van der Waals surface area (Å²) < 4.78 is 0. The van der Waals surface area contributed by atoms with Crippen molar-refractivity contribution in [2.75, 3.05) is 0 Å². The molecule has 2 aromatic carbocycles. The molecule has 2 rings (SSSR count). The molecule has 0 amide bonds. The predicted octanol–water partition coefficient (Wildman–Crippen LogP) is 1.65. The highest BCUT2D eigenvalue weighted by molar-refractivity contribution is 6.87. The number of rotatable bonds is 2. The first-order chi connectivity index (χ1) is 8.21. The standard InChI is InChI=1S/C14H20O2Si2/c1-17(2,15)13-9-5-8-12-11(13)7-6-10-14(12)18(3,4)16/h5-10,15-16H,1-4H3. The summed E-state index contributed by atoms with van der Waals surface area (Å²) in [5, 5.41) is 4.26. The second-order valence-electron chi connectivity index (χ2n) is 5.82. The smallest absolute Gasteiger partial charge is 0.214 e. The molecule has 0 saturated heterocycles. The topological polar surface area (TPSA) is 40.5 Å². The van der Waals surface area contributed by atoms with E-state index in [1.54, 1.807) is 0 Å². The highest BCUT2D eigenvalue weighted by atomic mass is 28.4. The van der Waals surface area contributed by atoms with Crippen molar-refractivity contribution < 1.29 is 9.59 Å². The van der Waals surface area contributed by atoms with Gasteiger partial charge in [-0.05, 0) is 47.3 Å². The van der Waals surface area contributed by atoms with Gasteiger partial charge < -0.3 is 9.59 Å². The van der Waals surface area contributed by atoms with Crippen molar-refractivity contribution in [2.24, 2.45) is 0 Å². The molecule has 4 heteroatoms. The number of hydrogen-bond donors (Lipinski definition) is 2. The lowest BCUT2D eigenvalue weighted by Gasteiger charge is -2.21. The molecule has 0 aliphatic carbocycles. The van der Waals surface area contributed by atoms with E-state index < -0.39 is 16.6 Å². The van der Waals surface area contributed by atoms with E-state index in [4.69, 9.17) is 0 Å². The summed E-state index contributed by atoms with van der Waals surface area (Å²) in [6.07, 6.45) is 0. The summed E-state index contributed by atoms with van der Waals surface area (Å²) in [4.78, 5) is 20.7. The molecule has 2 aromatic rings. The second-order valence-corrected chi connectivity index (χ2v) is 13.1. The van der Waals surface area contributed by atoms with Crippen LogP contribution in [-0.4, -0.2) is 26.2 Å². The largest absolute Gasteiger partial charge is 0.428 e. The molecule has 0 heterocycles. The van der Waals surface area contributed by atoms with Crippen molar-refractivity contribution in [3.8, 4) is 0 Å². The van der Waals surface area contributed by atoms with Gasteiger partial charge in [0.2, 0.25) is 16.6 Å². The maximum atomic E-state index is 10.4. The summed E-state index contributed by atoms with van der Waals surface area (Å²) in [5.74, 6) is 0.